The number of ether oxygens (including phenoxy) is 5. The Labute approximate surface area is 247 Å². The second-order valence-corrected chi connectivity index (χ2v) is 9.47. The second-order valence-electron chi connectivity index (χ2n) is 9.47. The van der Waals surface area contributed by atoms with Gasteiger partial charge in [-0.3, -0.25) is 19.5 Å². The van der Waals surface area contributed by atoms with Crippen molar-refractivity contribution in [2.45, 2.75) is 66.2 Å². The molecule has 0 fully saturated rings. The number of amides is 3. The van der Waals surface area contributed by atoms with Crippen LogP contribution in [0.15, 0.2) is 17.1 Å². The Morgan fingerprint density at radius 1 is 1.09 bits per heavy atom. The summed E-state index contributed by atoms with van der Waals surface area (Å²) in [6.07, 6.45) is 2.64. The normalized spacial score (nSPS) is 11.1. The molecule has 0 aliphatic carbocycles. The van der Waals surface area contributed by atoms with Crippen LogP contribution >= 0.6 is 0 Å². The molecule has 0 saturated carbocycles. The van der Waals surface area contributed by atoms with Crippen LogP contribution in [0.3, 0.4) is 0 Å². The Hall–Kier alpha value is -4.56. The molecule has 0 bridgehead atoms. The smallest absolute Gasteiger partial charge is 0.413 e. The van der Waals surface area contributed by atoms with Gasteiger partial charge in [0.25, 0.3) is 0 Å². The maximum Gasteiger partial charge on any atom is 0.413 e. The number of nitrogens with one attached hydrogen (secondary N) is 2. The Balaban J connectivity index is 0. The fourth-order valence-electron chi connectivity index (χ4n) is 3.02. The van der Waals surface area contributed by atoms with Crippen molar-refractivity contribution in [3.05, 3.63) is 22.7 Å². The summed E-state index contributed by atoms with van der Waals surface area (Å²) in [6, 6.07) is 0.613. The van der Waals surface area contributed by atoms with E-state index in [4.69, 9.17) is 23.7 Å². The first-order valence-electron chi connectivity index (χ1n) is 13.8. The number of rotatable bonds is 19. The predicted octanol–water partition coefficient (Wildman–Crippen LogP) is 1.10. The standard InChI is InChI=1S/C25H40N5O10.C2H6.Fm/c1-6-9-39-22(33)16-30(14-19(26-18-31)17-38-13-12-37-11-10-36-5)21(32)15-29-8-7-20(27-23(29)34)28-24(35)40-25(2,3)4;1-2;/h7-8,19H,6,9-17H2,1-5H3,(H,26,31)(H,27,28,34,35);1-2H3;/q-1;;/t19-;;/m1../s1. The van der Waals surface area contributed by atoms with Crippen molar-refractivity contribution in [3.8, 4) is 0 Å². The number of hydrogen-bond acceptors (Lipinski definition) is 11. The van der Waals surface area contributed by atoms with Crippen molar-refractivity contribution in [3.63, 3.8) is 0 Å². The van der Waals surface area contributed by atoms with Gasteiger partial charge in [-0.2, -0.15) is 11.4 Å². The molecule has 0 spiro atoms. The van der Waals surface area contributed by atoms with Crippen LogP contribution in [-0.2, 0) is 44.6 Å². The topological polar surface area (TPSA) is 177 Å². The number of esters is 1. The van der Waals surface area contributed by atoms with Crippen LogP contribution in [0, 0.1) is 0 Å². The molecule has 0 aliphatic rings. The summed E-state index contributed by atoms with van der Waals surface area (Å²) in [5, 5.41) is 4.79. The number of aromatic nitrogens is 2. The minimum Gasteiger partial charge on any atom is -0.524 e. The Bertz CT molecular complexity index is 1000. The second kappa shape index (κ2) is 23.1. The van der Waals surface area contributed by atoms with Crippen molar-refractivity contribution >= 4 is 30.2 Å². The van der Waals surface area contributed by atoms with E-state index in [2.05, 4.69) is 15.6 Å². The zero-order chi connectivity index (χ0) is 32.0. The minimum atomic E-state index is -0.817. The van der Waals surface area contributed by atoms with E-state index in [1.54, 1.807) is 34.3 Å². The Kier molecular flexibility index (Phi) is 21.8. The number of carbonyl (C=O) groups is 3. The van der Waals surface area contributed by atoms with E-state index in [1.807, 2.05) is 20.8 Å². The van der Waals surface area contributed by atoms with Gasteiger partial charge < -0.3 is 38.7 Å². The van der Waals surface area contributed by atoms with Crippen LogP contribution < -0.4 is 16.3 Å². The number of anilines is 1. The molecule has 0 saturated heterocycles. The summed E-state index contributed by atoms with van der Waals surface area (Å²) >= 11 is 0. The third-order valence-corrected chi connectivity index (χ3v) is 4.78. The number of nitrogens with zero attached hydrogens (tertiary/aromatic N) is 3. The quantitative estimate of drug-likeness (QED) is 0.0883. The molecule has 1 rings (SSSR count). The molecular formula is C27H46FmN5O10-. The number of methoxy groups -OCH3 is 1. The molecule has 16 heteroatoms. The van der Waals surface area contributed by atoms with Crippen LogP contribution in [0.2, 0.25) is 0 Å². The molecule has 1 aromatic rings. The van der Waals surface area contributed by atoms with E-state index in [0.717, 1.165) is 9.47 Å². The van der Waals surface area contributed by atoms with E-state index < -0.39 is 48.4 Å². The van der Waals surface area contributed by atoms with Gasteiger partial charge in [0.1, 0.15) is 24.5 Å². The SMILES string of the molecule is CC.CCCOC(=O)CN(C[C@H](COCCOCCOC)N[C-]=O)C(=O)Cn1ccc(NC(=O)OC(C)(C)C)nc1=O.[Fm]. The zero-order valence-corrected chi connectivity index (χ0v) is 28.4. The van der Waals surface area contributed by atoms with Crippen LogP contribution in [0.5, 0.6) is 0 Å². The summed E-state index contributed by atoms with van der Waals surface area (Å²) in [7, 11) is 1.56. The van der Waals surface area contributed by atoms with Crippen molar-refractivity contribution < 1.29 is 42.9 Å². The maximum atomic E-state index is 13.2. The van der Waals surface area contributed by atoms with Crippen molar-refractivity contribution in [2.75, 3.05) is 65.2 Å². The van der Waals surface area contributed by atoms with Gasteiger partial charge >= 0.3 is 17.8 Å². The number of carbonyl (C=O) groups excluding carboxylic acids is 4. The van der Waals surface area contributed by atoms with Crippen molar-refractivity contribution in [1.29, 1.82) is 0 Å². The van der Waals surface area contributed by atoms with Gasteiger partial charge in [0, 0.05) is 25.9 Å². The molecule has 0 unspecified atom stereocenters. The van der Waals surface area contributed by atoms with Gasteiger partial charge in [0.05, 0.1) is 39.6 Å². The van der Waals surface area contributed by atoms with Crippen molar-refractivity contribution in [2.24, 2.45) is 0 Å². The van der Waals surface area contributed by atoms with Crippen LogP contribution in [-0.4, -0.2) is 110 Å². The van der Waals surface area contributed by atoms with Gasteiger partial charge in [0.15, 0.2) is 0 Å². The van der Waals surface area contributed by atoms with E-state index in [9.17, 15) is 24.0 Å². The largest absolute Gasteiger partial charge is 0.524 e. The molecule has 252 valence electrons. The first kappa shape index (κ1) is 40.6. The van der Waals surface area contributed by atoms with Crippen molar-refractivity contribution in [1.82, 2.24) is 19.8 Å². The van der Waals surface area contributed by atoms with Gasteiger partial charge in [-0.1, -0.05) is 20.8 Å². The maximum absolute atomic E-state index is 13.2. The summed E-state index contributed by atoms with van der Waals surface area (Å²) < 4.78 is 27.0. The fourth-order valence-corrected chi connectivity index (χ4v) is 3.02. The van der Waals surface area contributed by atoms with Crippen LogP contribution in [0.1, 0.15) is 48.0 Å². The average Bonchev–Trinajstić information content (AvgIpc) is 2.92. The molecule has 1 heterocycles. The third-order valence-electron chi connectivity index (χ3n) is 4.78. The summed E-state index contributed by atoms with van der Waals surface area (Å²) in [5.41, 5.74) is -1.56. The molecule has 3 amide bonds. The van der Waals surface area contributed by atoms with E-state index in [1.165, 1.54) is 12.3 Å². The molecule has 1 aromatic heterocycles. The fraction of sp³-hybridized carbons (Fsp3) is 0.704. The van der Waals surface area contributed by atoms with E-state index in [-0.39, 0.29) is 32.2 Å². The van der Waals surface area contributed by atoms with Crippen LogP contribution in [0.4, 0.5) is 10.6 Å². The van der Waals surface area contributed by atoms with E-state index in [0.29, 0.717) is 26.2 Å². The van der Waals surface area contributed by atoms with Gasteiger partial charge in [0.2, 0.25) is 5.91 Å². The monoisotopic (exact) mass is 857 g/mol. The van der Waals surface area contributed by atoms with Gasteiger partial charge in [-0.25, -0.2) is 9.59 Å². The predicted molar refractivity (Wildman–Crippen MR) is 154 cm³/mol. The summed E-state index contributed by atoms with van der Waals surface area (Å²) in [5.74, 6) is -1.33. The molecule has 43 heavy (non-hydrogen) atoms. The first-order chi connectivity index (χ1) is 20.0. The number of hydrogen-bond donors (Lipinski definition) is 2. The van der Waals surface area contributed by atoms with Gasteiger partial charge in [-0.05, 0) is 33.3 Å². The van der Waals surface area contributed by atoms with Gasteiger partial charge in [-0.15, -0.1) is 0 Å². The molecule has 0 radical (unpaired) electrons. The Morgan fingerprint density at radius 2 is 1.74 bits per heavy atom. The molecular weight excluding hydrogens is 811 g/mol. The molecule has 2 N–H and O–H groups in total. The molecule has 15 nitrogen and oxygen atoms in total. The molecule has 0 aliphatic heterocycles. The average molecular weight is 858 g/mol. The van der Waals surface area contributed by atoms with Crippen LogP contribution in [0.25, 0.3) is 0 Å². The zero-order valence-electron chi connectivity index (χ0n) is 26.0. The first-order valence-corrected chi connectivity index (χ1v) is 13.8. The summed E-state index contributed by atoms with van der Waals surface area (Å²) in [6.45, 7) is 11.4. The third kappa shape index (κ3) is 19.2. The Morgan fingerprint density at radius 3 is 2.33 bits per heavy atom. The minimum absolute atomic E-state index is 0. The molecule has 0 aromatic carbocycles. The summed E-state index contributed by atoms with van der Waals surface area (Å²) in [4.78, 5) is 65.8. The van der Waals surface area contributed by atoms with E-state index >= 15 is 0 Å². The molecule has 1 atom stereocenters.